The Balaban J connectivity index is 3.05. The van der Waals surface area contributed by atoms with E-state index in [9.17, 15) is 4.79 Å². The summed E-state index contributed by atoms with van der Waals surface area (Å²) < 4.78 is 10.7. The second kappa shape index (κ2) is 6.09. The number of carbonyl (C=O) groups is 1. The summed E-state index contributed by atoms with van der Waals surface area (Å²) in [5.74, 6) is -0.439. The number of nitrogens with zero attached hydrogens (tertiary/aromatic N) is 1. The number of oxime groups is 1. The van der Waals surface area contributed by atoms with Gasteiger partial charge in [0.1, 0.15) is 0 Å². The number of aliphatic carboxylic acids is 1. The lowest BCUT2D eigenvalue weighted by molar-refractivity contribution is -0.139. The zero-order valence-corrected chi connectivity index (χ0v) is 10.5. The summed E-state index contributed by atoms with van der Waals surface area (Å²) in [6, 6.07) is 3.10. The predicted octanol–water partition coefficient (Wildman–Crippen LogP) is 1.73. The number of halogens is 1. The van der Waals surface area contributed by atoms with Gasteiger partial charge in [-0.1, -0.05) is 5.16 Å². The van der Waals surface area contributed by atoms with Crippen LogP contribution in [0.1, 0.15) is 5.56 Å². The molecule has 0 aliphatic heterocycles. The molecule has 0 aliphatic rings. The van der Waals surface area contributed by atoms with Crippen LogP contribution in [-0.2, 0) is 4.79 Å². The van der Waals surface area contributed by atoms with Gasteiger partial charge in [-0.15, -0.1) is 0 Å². The van der Waals surface area contributed by atoms with Crippen LogP contribution in [0.2, 0.25) is 0 Å². The first-order valence-corrected chi connectivity index (χ1v) is 5.27. The number of benzene rings is 1. The van der Waals surface area contributed by atoms with Crippen LogP contribution in [0.5, 0.6) is 11.5 Å². The van der Waals surface area contributed by atoms with Crippen LogP contribution in [0.25, 0.3) is 0 Å². The van der Waals surface area contributed by atoms with Gasteiger partial charge in [0, 0.05) is 10.0 Å². The highest BCUT2D eigenvalue weighted by Gasteiger charge is 2.10. The molecule has 0 saturated carbocycles. The van der Waals surface area contributed by atoms with E-state index >= 15 is 0 Å². The van der Waals surface area contributed by atoms with Crippen molar-refractivity contribution < 1.29 is 24.6 Å². The predicted molar refractivity (Wildman–Crippen MR) is 63.2 cm³/mol. The van der Waals surface area contributed by atoms with E-state index in [1.807, 2.05) is 0 Å². The molecule has 1 aromatic carbocycles. The van der Waals surface area contributed by atoms with Crippen LogP contribution in [0, 0.1) is 0 Å². The zero-order valence-electron chi connectivity index (χ0n) is 8.88. The van der Waals surface area contributed by atoms with Gasteiger partial charge in [-0.05, 0) is 28.1 Å². The highest BCUT2D eigenvalue weighted by molar-refractivity contribution is 9.10. The summed E-state index contributed by atoms with van der Waals surface area (Å²) in [7, 11) is 1.43. The summed E-state index contributed by atoms with van der Waals surface area (Å²) in [5.41, 5.74) is 0.576. The average Bonchev–Trinajstić information content (AvgIpc) is 2.29. The summed E-state index contributed by atoms with van der Waals surface area (Å²) in [4.78, 5) is 10.4. The molecule has 0 amide bonds. The Morgan fingerprint density at radius 1 is 1.53 bits per heavy atom. The summed E-state index contributed by atoms with van der Waals surface area (Å²) >= 11 is 3.23. The Morgan fingerprint density at radius 3 is 2.76 bits per heavy atom. The fraction of sp³-hybridized carbons (Fsp3) is 0.200. The Labute approximate surface area is 106 Å². The number of carboxylic acids is 1. The molecule has 92 valence electrons. The Hall–Kier alpha value is -1.76. The molecule has 1 aromatic rings. The van der Waals surface area contributed by atoms with E-state index in [-0.39, 0.29) is 5.75 Å². The molecule has 0 saturated heterocycles. The van der Waals surface area contributed by atoms with Crippen molar-refractivity contribution in [3.05, 3.63) is 22.2 Å². The van der Waals surface area contributed by atoms with Crippen molar-refractivity contribution in [1.82, 2.24) is 0 Å². The second-order valence-corrected chi connectivity index (χ2v) is 3.81. The molecule has 7 heteroatoms. The van der Waals surface area contributed by atoms with Crippen LogP contribution < -0.4 is 9.47 Å². The molecule has 0 unspecified atom stereocenters. The largest absolute Gasteiger partial charge is 0.493 e. The van der Waals surface area contributed by atoms with Crippen molar-refractivity contribution in [2.24, 2.45) is 5.16 Å². The Kier molecular flexibility index (Phi) is 4.77. The molecule has 1 rings (SSSR count). The van der Waals surface area contributed by atoms with E-state index in [4.69, 9.17) is 19.8 Å². The van der Waals surface area contributed by atoms with Gasteiger partial charge >= 0.3 is 5.97 Å². The van der Waals surface area contributed by atoms with Gasteiger partial charge in [0.25, 0.3) is 0 Å². The molecule has 0 aromatic heterocycles. The van der Waals surface area contributed by atoms with Crippen molar-refractivity contribution in [2.75, 3.05) is 13.7 Å². The molecular weight excluding hydrogens is 294 g/mol. The number of ether oxygens (including phenoxy) is 2. The van der Waals surface area contributed by atoms with Crippen LogP contribution in [0.3, 0.4) is 0 Å². The minimum atomic E-state index is -1.08. The third kappa shape index (κ3) is 3.63. The van der Waals surface area contributed by atoms with E-state index in [2.05, 4.69) is 21.1 Å². The fourth-order valence-corrected chi connectivity index (χ4v) is 1.55. The van der Waals surface area contributed by atoms with Gasteiger partial charge < -0.3 is 19.8 Å². The monoisotopic (exact) mass is 303 g/mol. The smallest absolute Gasteiger partial charge is 0.341 e. The highest BCUT2D eigenvalue weighted by atomic mass is 79.9. The molecule has 2 N–H and O–H groups in total. The molecule has 0 aliphatic carbocycles. The van der Waals surface area contributed by atoms with Crippen LogP contribution in [-0.4, -0.2) is 36.2 Å². The van der Waals surface area contributed by atoms with Crippen molar-refractivity contribution in [2.45, 2.75) is 0 Å². The van der Waals surface area contributed by atoms with Crippen LogP contribution >= 0.6 is 15.9 Å². The van der Waals surface area contributed by atoms with E-state index in [0.717, 1.165) is 0 Å². The second-order valence-electron chi connectivity index (χ2n) is 2.95. The Bertz CT molecular complexity index is 447. The third-order valence-corrected chi connectivity index (χ3v) is 2.52. The number of methoxy groups -OCH3 is 1. The van der Waals surface area contributed by atoms with E-state index in [1.54, 1.807) is 12.1 Å². The molecule has 0 spiro atoms. The van der Waals surface area contributed by atoms with Gasteiger partial charge in [-0.25, -0.2) is 4.79 Å². The SMILES string of the molecule is COc1cc(/C=N/O)c(Br)cc1OCC(=O)O. The van der Waals surface area contributed by atoms with Crippen molar-refractivity contribution in [3.63, 3.8) is 0 Å². The molecular formula is C10H10BrNO5. The fourth-order valence-electron chi connectivity index (χ4n) is 1.12. The Morgan fingerprint density at radius 2 is 2.24 bits per heavy atom. The standard InChI is InChI=1S/C10H10BrNO5/c1-16-8-2-6(4-12-15)7(11)3-9(8)17-5-10(13)14/h2-4,15H,5H2,1H3,(H,13,14)/b12-4+. The van der Waals surface area contributed by atoms with Crippen molar-refractivity contribution in [3.8, 4) is 11.5 Å². The summed E-state index contributed by atoms with van der Waals surface area (Å²) in [6.45, 7) is -0.462. The van der Waals surface area contributed by atoms with Crippen LogP contribution in [0.15, 0.2) is 21.8 Å². The molecule has 0 fully saturated rings. The lowest BCUT2D eigenvalue weighted by Crippen LogP contribution is -2.10. The summed E-state index contributed by atoms with van der Waals surface area (Å²) in [6.07, 6.45) is 1.22. The molecule has 0 radical (unpaired) electrons. The first-order chi connectivity index (χ1) is 8.08. The molecule has 0 atom stereocenters. The molecule has 6 nitrogen and oxygen atoms in total. The minimum absolute atomic E-state index is 0.289. The maximum atomic E-state index is 10.4. The lowest BCUT2D eigenvalue weighted by Gasteiger charge is -2.10. The van der Waals surface area contributed by atoms with Gasteiger partial charge in [0.2, 0.25) is 0 Å². The average molecular weight is 304 g/mol. The minimum Gasteiger partial charge on any atom is -0.493 e. The van der Waals surface area contributed by atoms with Crippen LogP contribution in [0.4, 0.5) is 0 Å². The third-order valence-electron chi connectivity index (χ3n) is 1.83. The molecule has 17 heavy (non-hydrogen) atoms. The highest BCUT2D eigenvalue weighted by Crippen LogP contribution is 2.32. The van der Waals surface area contributed by atoms with Gasteiger partial charge in [-0.2, -0.15) is 0 Å². The van der Waals surface area contributed by atoms with E-state index in [1.165, 1.54) is 13.3 Å². The van der Waals surface area contributed by atoms with Gasteiger partial charge in [-0.3, -0.25) is 0 Å². The maximum absolute atomic E-state index is 10.4. The quantitative estimate of drug-likeness (QED) is 0.491. The van der Waals surface area contributed by atoms with Crippen molar-refractivity contribution in [1.29, 1.82) is 0 Å². The van der Waals surface area contributed by atoms with Gasteiger partial charge in [0.05, 0.1) is 13.3 Å². The van der Waals surface area contributed by atoms with E-state index in [0.29, 0.717) is 15.8 Å². The number of rotatable bonds is 5. The molecule has 0 heterocycles. The zero-order chi connectivity index (χ0) is 12.8. The molecule has 0 bridgehead atoms. The first-order valence-electron chi connectivity index (χ1n) is 4.48. The number of hydrogen-bond donors (Lipinski definition) is 2. The topological polar surface area (TPSA) is 88.4 Å². The summed E-state index contributed by atoms with van der Waals surface area (Å²) in [5, 5.41) is 19.9. The first kappa shape index (κ1) is 13.3. The normalized spacial score (nSPS) is 10.5. The number of carboxylic acid groups (broad SMARTS) is 1. The van der Waals surface area contributed by atoms with Gasteiger partial charge in [0.15, 0.2) is 18.1 Å². The number of hydrogen-bond acceptors (Lipinski definition) is 5. The van der Waals surface area contributed by atoms with E-state index < -0.39 is 12.6 Å². The lowest BCUT2D eigenvalue weighted by atomic mass is 10.2. The van der Waals surface area contributed by atoms with Crippen molar-refractivity contribution >= 4 is 28.1 Å². The maximum Gasteiger partial charge on any atom is 0.341 e.